The molecule has 2 aromatic rings. The first-order valence-corrected chi connectivity index (χ1v) is 6.25. The van der Waals surface area contributed by atoms with E-state index in [-0.39, 0.29) is 6.10 Å². The van der Waals surface area contributed by atoms with Crippen molar-refractivity contribution in [3.8, 4) is 5.75 Å². The lowest BCUT2D eigenvalue weighted by Crippen LogP contribution is -2.09. The Hall–Kier alpha value is -1.62. The Morgan fingerprint density at radius 1 is 1.33 bits per heavy atom. The first-order chi connectivity index (χ1) is 8.49. The van der Waals surface area contributed by atoms with E-state index in [1.165, 1.54) is 11.1 Å². The van der Waals surface area contributed by atoms with E-state index in [9.17, 15) is 0 Å². The predicted molar refractivity (Wildman–Crippen MR) is 73.4 cm³/mol. The lowest BCUT2D eigenvalue weighted by atomic mass is 10.1. The molecule has 1 aromatic heterocycles. The van der Waals surface area contributed by atoms with Crippen LogP contribution < -0.4 is 4.74 Å². The number of aromatic nitrogens is 3. The van der Waals surface area contributed by atoms with E-state index in [0.29, 0.717) is 4.77 Å². The maximum Gasteiger partial charge on any atom is 0.195 e. The smallest absolute Gasteiger partial charge is 0.195 e. The molecule has 0 aliphatic rings. The lowest BCUT2D eigenvalue weighted by Gasteiger charge is -2.14. The zero-order chi connectivity index (χ0) is 13.3. The van der Waals surface area contributed by atoms with Gasteiger partial charge in [0.15, 0.2) is 16.7 Å². The minimum atomic E-state index is -0.148. The largest absolute Gasteiger partial charge is 0.483 e. The van der Waals surface area contributed by atoms with E-state index in [4.69, 9.17) is 17.0 Å². The molecule has 0 saturated carbocycles. The molecule has 5 heteroatoms. The van der Waals surface area contributed by atoms with Crippen LogP contribution in [0.3, 0.4) is 0 Å². The van der Waals surface area contributed by atoms with Crippen LogP contribution in [0.1, 0.15) is 30.0 Å². The molecule has 1 aromatic carbocycles. The van der Waals surface area contributed by atoms with Gasteiger partial charge in [0.25, 0.3) is 0 Å². The fourth-order valence-corrected chi connectivity index (χ4v) is 1.91. The van der Waals surface area contributed by atoms with Crippen molar-refractivity contribution in [1.29, 1.82) is 0 Å². The van der Waals surface area contributed by atoms with Gasteiger partial charge in [-0.2, -0.15) is 5.10 Å². The zero-order valence-electron chi connectivity index (χ0n) is 11.0. The Kier molecular flexibility index (Phi) is 3.52. The highest BCUT2D eigenvalue weighted by Crippen LogP contribution is 2.22. The highest BCUT2D eigenvalue weighted by Gasteiger charge is 2.13. The van der Waals surface area contributed by atoms with E-state index in [0.717, 1.165) is 11.6 Å². The van der Waals surface area contributed by atoms with Gasteiger partial charge < -0.3 is 9.30 Å². The topological polar surface area (TPSA) is 42.8 Å². The maximum atomic E-state index is 5.88. The fourth-order valence-electron chi connectivity index (χ4n) is 1.77. The number of aromatic amines is 1. The van der Waals surface area contributed by atoms with Gasteiger partial charge in [-0.25, -0.2) is 0 Å². The average molecular weight is 263 g/mol. The van der Waals surface area contributed by atoms with Gasteiger partial charge in [-0.3, -0.25) is 5.10 Å². The summed E-state index contributed by atoms with van der Waals surface area (Å²) in [5.41, 5.74) is 2.48. The molecular formula is C13H17N3OS. The van der Waals surface area contributed by atoms with Gasteiger partial charge >= 0.3 is 0 Å². The van der Waals surface area contributed by atoms with Gasteiger partial charge in [-0.05, 0) is 56.2 Å². The van der Waals surface area contributed by atoms with E-state index < -0.39 is 0 Å². The number of nitrogens with one attached hydrogen (secondary N) is 1. The Labute approximate surface area is 112 Å². The van der Waals surface area contributed by atoms with Crippen LogP contribution in [0, 0.1) is 18.6 Å². The van der Waals surface area contributed by atoms with Crippen molar-refractivity contribution >= 4 is 12.2 Å². The summed E-state index contributed by atoms with van der Waals surface area (Å²) in [6, 6.07) is 6.06. The van der Waals surface area contributed by atoms with Crippen molar-refractivity contribution in [2.75, 3.05) is 0 Å². The van der Waals surface area contributed by atoms with Gasteiger partial charge in [-0.15, -0.1) is 0 Å². The standard InChI is InChI=1S/C13H17N3OS/c1-8-5-6-11(7-9(8)2)17-10(3)12-14-15-13(18)16(12)4/h5-7,10H,1-4H3,(H,15,18)/t10-/m0/s1. The van der Waals surface area contributed by atoms with Crippen molar-refractivity contribution in [2.24, 2.45) is 7.05 Å². The second-order valence-electron chi connectivity index (χ2n) is 4.45. The van der Waals surface area contributed by atoms with E-state index in [1.807, 2.05) is 30.7 Å². The fraction of sp³-hybridized carbons (Fsp3) is 0.385. The Bertz CT molecular complexity index is 615. The summed E-state index contributed by atoms with van der Waals surface area (Å²) in [5.74, 6) is 1.64. The Balaban J connectivity index is 2.21. The quantitative estimate of drug-likeness (QED) is 0.864. The SMILES string of the molecule is Cc1ccc(O[C@@H](C)c2n[nH]c(=S)n2C)cc1C. The van der Waals surface area contributed by atoms with Crippen molar-refractivity contribution in [3.05, 3.63) is 39.9 Å². The molecule has 0 spiro atoms. The second-order valence-corrected chi connectivity index (χ2v) is 4.84. The first kappa shape index (κ1) is 12.8. The summed E-state index contributed by atoms with van der Waals surface area (Å²) in [6.45, 7) is 6.11. The summed E-state index contributed by atoms with van der Waals surface area (Å²) in [4.78, 5) is 0. The average Bonchev–Trinajstić information content (AvgIpc) is 2.65. The van der Waals surface area contributed by atoms with E-state index in [2.05, 4.69) is 30.1 Å². The Morgan fingerprint density at radius 3 is 2.61 bits per heavy atom. The van der Waals surface area contributed by atoms with Crippen molar-refractivity contribution in [1.82, 2.24) is 14.8 Å². The number of benzene rings is 1. The number of aryl methyl sites for hydroxylation is 2. The minimum absolute atomic E-state index is 0.148. The molecule has 0 fully saturated rings. The summed E-state index contributed by atoms with van der Waals surface area (Å²) >= 11 is 5.09. The van der Waals surface area contributed by atoms with Crippen LogP contribution in [0.5, 0.6) is 5.75 Å². The number of hydrogen-bond donors (Lipinski definition) is 1. The Morgan fingerprint density at radius 2 is 2.06 bits per heavy atom. The van der Waals surface area contributed by atoms with Crippen molar-refractivity contribution in [2.45, 2.75) is 26.9 Å². The molecular weight excluding hydrogens is 246 g/mol. The van der Waals surface area contributed by atoms with Crippen LogP contribution in [0.25, 0.3) is 0 Å². The number of H-pyrrole nitrogens is 1. The van der Waals surface area contributed by atoms with Crippen LogP contribution in [0.15, 0.2) is 18.2 Å². The van der Waals surface area contributed by atoms with E-state index >= 15 is 0 Å². The minimum Gasteiger partial charge on any atom is -0.483 e. The summed E-state index contributed by atoms with van der Waals surface area (Å²) in [6.07, 6.45) is -0.148. The van der Waals surface area contributed by atoms with Crippen LogP contribution >= 0.6 is 12.2 Å². The molecule has 96 valence electrons. The predicted octanol–water partition coefficient (Wildman–Crippen LogP) is 3.23. The molecule has 0 unspecified atom stereocenters. The summed E-state index contributed by atoms with van der Waals surface area (Å²) in [7, 11) is 1.88. The molecule has 2 rings (SSSR count). The summed E-state index contributed by atoms with van der Waals surface area (Å²) < 4.78 is 8.30. The highest BCUT2D eigenvalue weighted by atomic mass is 32.1. The monoisotopic (exact) mass is 263 g/mol. The van der Waals surface area contributed by atoms with E-state index in [1.54, 1.807) is 0 Å². The maximum absolute atomic E-state index is 5.88. The van der Waals surface area contributed by atoms with Gasteiger partial charge in [0.2, 0.25) is 0 Å². The third kappa shape index (κ3) is 2.46. The molecule has 1 atom stereocenters. The normalized spacial score (nSPS) is 12.4. The molecule has 0 aliphatic carbocycles. The molecule has 4 nitrogen and oxygen atoms in total. The van der Waals surface area contributed by atoms with Gasteiger partial charge in [0.1, 0.15) is 5.75 Å². The lowest BCUT2D eigenvalue weighted by molar-refractivity contribution is 0.212. The third-order valence-electron chi connectivity index (χ3n) is 3.07. The molecule has 0 amide bonds. The van der Waals surface area contributed by atoms with Crippen molar-refractivity contribution < 1.29 is 4.74 Å². The van der Waals surface area contributed by atoms with Crippen LogP contribution in [-0.2, 0) is 7.05 Å². The molecule has 18 heavy (non-hydrogen) atoms. The van der Waals surface area contributed by atoms with Crippen LogP contribution in [0.2, 0.25) is 0 Å². The molecule has 0 saturated heterocycles. The van der Waals surface area contributed by atoms with Gasteiger partial charge in [-0.1, -0.05) is 6.07 Å². The van der Waals surface area contributed by atoms with Gasteiger partial charge in [0, 0.05) is 7.05 Å². The first-order valence-electron chi connectivity index (χ1n) is 5.84. The zero-order valence-corrected chi connectivity index (χ0v) is 11.8. The number of ether oxygens (including phenoxy) is 1. The van der Waals surface area contributed by atoms with Crippen LogP contribution in [0.4, 0.5) is 0 Å². The van der Waals surface area contributed by atoms with Crippen molar-refractivity contribution in [3.63, 3.8) is 0 Å². The molecule has 0 bridgehead atoms. The number of nitrogens with zero attached hydrogens (tertiary/aromatic N) is 2. The molecule has 0 aliphatic heterocycles. The number of hydrogen-bond acceptors (Lipinski definition) is 3. The van der Waals surface area contributed by atoms with Gasteiger partial charge in [0.05, 0.1) is 0 Å². The molecule has 0 radical (unpaired) electrons. The van der Waals surface area contributed by atoms with Crippen LogP contribution in [-0.4, -0.2) is 14.8 Å². The highest BCUT2D eigenvalue weighted by molar-refractivity contribution is 7.71. The number of rotatable bonds is 3. The second kappa shape index (κ2) is 4.94. The third-order valence-corrected chi connectivity index (χ3v) is 3.43. The molecule has 1 N–H and O–H groups in total. The molecule has 1 heterocycles. The summed E-state index contributed by atoms with van der Waals surface area (Å²) in [5, 5.41) is 6.93.